The molecule has 104 valence electrons. The van der Waals surface area contributed by atoms with Gasteiger partial charge in [-0.3, -0.25) is 0 Å². The number of anilines is 1. The molecule has 19 heavy (non-hydrogen) atoms. The molecule has 0 heterocycles. The predicted octanol–water partition coefficient (Wildman–Crippen LogP) is 1.81. The monoisotopic (exact) mass is 281 g/mol. The number of benzene rings is 1. The van der Waals surface area contributed by atoms with E-state index in [2.05, 4.69) is 0 Å². The predicted molar refractivity (Wildman–Crippen MR) is 75.0 cm³/mol. The Labute approximate surface area is 114 Å². The van der Waals surface area contributed by atoms with Gasteiger partial charge in [-0.05, 0) is 38.0 Å². The van der Waals surface area contributed by atoms with Crippen LogP contribution in [0.15, 0.2) is 17.0 Å². The Bertz CT molecular complexity index is 618. The van der Waals surface area contributed by atoms with Gasteiger partial charge in [-0.15, -0.1) is 0 Å². The fourth-order valence-electron chi connectivity index (χ4n) is 1.88. The molecule has 0 fully saturated rings. The first kappa shape index (κ1) is 15.5. The van der Waals surface area contributed by atoms with E-state index in [-0.39, 0.29) is 17.4 Å². The van der Waals surface area contributed by atoms with Gasteiger partial charge in [-0.1, -0.05) is 6.07 Å². The van der Waals surface area contributed by atoms with E-state index in [9.17, 15) is 8.42 Å². The summed E-state index contributed by atoms with van der Waals surface area (Å²) in [7, 11) is -2.16. The summed E-state index contributed by atoms with van der Waals surface area (Å²) in [5, 5.41) is 8.68. The lowest BCUT2D eigenvalue weighted by molar-refractivity contribution is 0.392. The summed E-state index contributed by atoms with van der Waals surface area (Å²) < 4.78 is 26.4. The molecule has 0 aromatic heterocycles. The van der Waals surface area contributed by atoms with Gasteiger partial charge in [0.25, 0.3) is 0 Å². The quantitative estimate of drug-likeness (QED) is 0.853. The van der Waals surface area contributed by atoms with E-state index in [1.807, 2.05) is 6.07 Å². The van der Waals surface area contributed by atoms with E-state index in [0.717, 1.165) is 0 Å². The van der Waals surface area contributed by atoms with E-state index in [1.165, 1.54) is 11.4 Å². The van der Waals surface area contributed by atoms with Crippen molar-refractivity contribution in [1.82, 2.24) is 4.31 Å². The second-order valence-electron chi connectivity index (χ2n) is 4.66. The third-order valence-corrected chi connectivity index (χ3v) is 5.55. The van der Waals surface area contributed by atoms with Gasteiger partial charge in [0, 0.05) is 18.8 Å². The minimum absolute atomic E-state index is 0.149. The van der Waals surface area contributed by atoms with Gasteiger partial charge in [0.1, 0.15) is 0 Å². The molecule has 1 atom stereocenters. The van der Waals surface area contributed by atoms with Crippen molar-refractivity contribution in [2.45, 2.75) is 38.1 Å². The third kappa shape index (κ3) is 2.88. The first-order valence-corrected chi connectivity index (χ1v) is 7.38. The minimum atomic E-state index is -3.64. The molecule has 0 spiro atoms. The van der Waals surface area contributed by atoms with Gasteiger partial charge >= 0.3 is 0 Å². The molecule has 0 aliphatic rings. The smallest absolute Gasteiger partial charge is 0.243 e. The second kappa shape index (κ2) is 5.59. The maximum absolute atomic E-state index is 12.6. The number of hydrogen-bond donors (Lipinski definition) is 1. The number of nitrogen functional groups attached to an aromatic ring is 1. The molecule has 2 N–H and O–H groups in total. The highest BCUT2D eigenvalue weighted by Crippen LogP contribution is 2.28. The van der Waals surface area contributed by atoms with Crippen LogP contribution in [0.3, 0.4) is 0 Å². The lowest BCUT2D eigenvalue weighted by Gasteiger charge is -2.24. The Hall–Kier alpha value is -1.58. The lowest BCUT2D eigenvalue weighted by Crippen LogP contribution is -2.35. The summed E-state index contributed by atoms with van der Waals surface area (Å²) in [6, 6.07) is 4.99. The molecule has 0 saturated carbocycles. The van der Waals surface area contributed by atoms with Crippen molar-refractivity contribution in [2.24, 2.45) is 0 Å². The molecule has 5 nitrogen and oxygen atoms in total. The van der Waals surface area contributed by atoms with Crippen LogP contribution in [0, 0.1) is 25.2 Å². The third-order valence-electron chi connectivity index (χ3n) is 3.29. The SMILES string of the molecule is Cc1ccc(N)c(C)c1S(=O)(=O)N(C)C(C)CC#N. The average molecular weight is 281 g/mol. The van der Waals surface area contributed by atoms with Gasteiger partial charge in [-0.25, -0.2) is 8.42 Å². The number of nitrogens with two attached hydrogens (primary N) is 1. The molecule has 1 rings (SSSR count). The molecule has 0 radical (unpaired) electrons. The summed E-state index contributed by atoms with van der Waals surface area (Å²) in [6.45, 7) is 5.14. The van der Waals surface area contributed by atoms with Crippen molar-refractivity contribution in [3.63, 3.8) is 0 Å². The largest absolute Gasteiger partial charge is 0.398 e. The molecular formula is C13H19N3O2S. The van der Waals surface area contributed by atoms with E-state index >= 15 is 0 Å². The lowest BCUT2D eigenvalue weighted by atomic mass is 10.1. The summed E-state index contributed by atoms with van der Waals surface area (Å²) in [5.74, 6) is 0. The normalized spacial score (nSPS) is 13.3. The molecule has 0 amide bonds. The van der Waals surface area contributed by atoms with Crippen molar-refractivity contribution in [1.29, 1.82) is 5.26 Å². The number of hydrogen-bond acceptors (Lipinski definition) is 4. The highest BCUT2D eigenvalue weighted by molar-refractivity contribution is 7.89. The number of sulfonamides is 1. The minimum Gasteiger partial charge on any atom is -0.398 e. The van der Waals surface area contributed by atoms with Crippen LogP contribution in [0.25, 0.3) is 0 Å². The molecular weight excluding hydrogens is 262 g/mol. The number of aryl methyl sites for hydroxylation is 1. The molecule has 1 unspecified atom stereocenters. The van der Waals surface area contributed by atoms with Crippen LogP contribution in [0.4, 0.5) is 5.69 Å². The van der Waals surface area contributed by atoms with Crippen molar-refractivity contribution < 1.29 is 8.42 Å². The molecule has 6 heteroatoms. The van der Waals surface area contributed by atoms with Gasteiger partial charge in [-0.2, -0.15) is 9.57 Å². The highest BCUT2D eigenvalue weighted by Gasteiger charge is 2.28. The fraction of sp³-hybridized carbons (Fsp3) is 0.462. The van der Waals surface area contributed by atoms with Crippen LogP contribution in [-0.4, -0.2) is 25.8 Å². The Morgan fingerprint density at radius 2 is 2.00 bits per heavy atom. The zero-order chi connectivity index (χ0) is 14.8. The van der Waals surface area contributed by atoms with E-state index in [0.29, 0.717) is 16.8 Å². The van der Waals surface area contributed by atoms with E-state index in [1.54, 1.807) is 32.9 Å². The fourth-order valence-corrected chi connectivity index (χ4v) is 3.70. The molecule has 1 aromatic carbocycles. The maximum Gasteiger partial charge on any atom is 0.243 e. The summed E-state index contributed by atoms with van der Waals surface area (Å²) in [5.41, 5.74) is 7.44. The van der Waals surface area contributed by atoms with Gasteiger partial charge in [0.2, 0.25) is 10.0 Å². The van der Waals surface area contributed by atoms with E-state index < -0.39 is 10.0 Å². The van der Waals surface area contributed by atoms with Crippen molar-refractivity contribution in [3.05, 3.63) is 23.3 Å². The van der Waals surface area contributed by atoms with Crippen LogP contribution in [-0.2, 0) is 10.0 Å². The number of nitrogens with zero attached hydrogens (tertiary/aromatic N) is 2. The zero-order valence-electron chi connectivity index (χ0n) is 11.6. The van der Waals surface area contributed by atoms with Crippen LogP contribution in [0.1, 0.15) is 24.5 Å². The highest BCUT2D eigenvalue weighted by atomic mass is 32.2. The summed E-state index contributed by atoms with van der Waals surface area (Å²) >= 11 is 0. The second-order valence-corrected chi connectivity index (χ2v) is 6.59. The Kier molecular flexibility index (Phi) is 4.56. The number of nitriles is 1. The summed E-state index contributed by atoms with van der Waals surface area (Å²) in [6.07, 6.45) is 0.149. The van der Waals surface area contributed by atoms with E-state index in [4.69, 9.17) is 11.0 Å². The van der Waals surface area contributed by atoms with Crippen molar-refractivity contribution >= 4 is 15.7 Å². The van der Waals surface area contributed by atoms with Gasteiger partial charge in [0.15, 0.2) is 0 Å². The van der Waals surface area contributed by atoms with Crippen molar-refractivity contribution in [3.8, 4) is 6.07 Å². The van der Waals surface area contributed by atoms with Crippen LogP contribution >= 0.6 is 0 Å². The standard InChI is InChI=1S/C13H19N3O2S/c1-9-5-6-12(15)11(3)13(9)19(17,18)16(4)10(2)7-8-14/h5-6,10H,7,15H2,1-4H3. The molecule has 0 bridgehead atoms. The van der Waals surface area contributed by atoms with Gasteiger partial charge < -0.3 is 5.73 Å². The first-order valence-electron chi connectivity index (χ1n) is 5.94. The Balaban J connectivity index is 3.37. The molecule has 0 aliphatic heterocycles. The topological polar surface area (TPSA) is 87.2 Å². The van der Waals surface area contributed by atoms with Crippen LogP contribution in [0.2, 0.25) is 0 Å². The van der Waals surface area contributed by atoms with Crippen molar-refractivity contribution in [2.75, 3.05) is 12.8 Å². The van der Waals surface area contributed by atoms with Gasteiger partial charge in [0.05, 0.1) is 17.4 Å². The molecule has 0 saturated heterocycles. The average Bonchev–Trinajstić information content (AvgIpc) is 2.33. The molecule has 0 aliphatic carbocycles. The molecule has 1 aromatic rings. The maximum atomic E-state index is 12.6. The number of rotatable bonds is 4. The first-order chi connectivity index (χ1) is 8.73. The Morgan fingerprint density at radius 3 is 2.53 bits per heavy atom. The van der Waals surface area contributed by atoms with Crippen LogP contribution < -0.4 is 5.73 Å². The summed E-state index contributed by atoms with van der Waals surface area (Å²) in [4.78, 5) is 0.236. The van der Waals surface area contributed by atoms with Crippen LogP contribution in [0.5, 0.6) is 0 Å². The Morgan fingerprint density at radius 1 is 1.42 bits per heavy atom. The zero-order valence-corrected chi connectivity index (χ0v) is 12.5.